The third kappa shape index (κ3) is 2.61. The molecular formula is C13H21N5O2. The molecule has 1 unspecified atom stereocenters. The number of hydrogen-bond donors (Lipinski definition) is 3. The number of nitrogens with two attached hydrogens (primary N) is 1. The van der Waals surface area contributed by atoms with Crippen molar-refractivity contribution in [2.75, 3.05) is 25.9 Å². The number of likely N-dealkylation sites (tertiary alicyclic amines) is 1. The van der Waals surface area contributed by atoms with Gasteiger partial charge in [-0.1, -0.05) is 6.92 Å². The van der Waals surface area contributed by atoms with Crippen molar-refractivity contribution in [1.29, 1.82) is 0 Å². The fraction of sp³-hybridized carbons (Fsp3) is 0.615. The summed E-state index contributed by atoms with van der Waals surface area (Å²) in [7, 11) is 1.61. The van der Waals surface area contributed by atoms with Gasteiger partial charge in [0.25, 0.3) is 5.91 Å². The molecule has 1 aromatic heterocycles. The van der Waals surface area contributed by atoms with Crippen molar-refractivity contribution in [1.82, 2.24) is 20.4 Å². The van der Waals surface area contributed by atoms with Crippen LogP contribution in [0.25, 0.3) is 0 Å². The van der Waals surface area contributed by atoms with Crippen molar-refractivity contribution in [2.24, 2.45) is 5.92 Å². The molecule has 0 spiro atoms. The van der Waals surface area contributed by atoms with Crippen molar-refractivity contribution in [3.63, 3.8) is 0 Å². The van der Waals surface area contributed by atoms with E-state index in [1.807, 2.05) is 6.92 Å². The highest BCUT2D eigenvalue weighted by Crippen LogP contribution is 2.21. The van der Waals surface area contributed by atoms with E-state index in [-0.39, 0.29) is 23.4 Å². The van der Waals surface area contributed by atoms with Gasteiger partial charge >= 0.3 is 0 Å². The molecular weight excluding hydrogens is 258 g/mol. The molecule has 1 saturated heterocycles. The molecule has 7 heteroatoms. The summed E-state index contributed by atoms with van der Waals surface area (Å²) in [5.74, 6) is -0.373. The van der Waals surface area contributed by atoms with Gasteiger partial charge in [-0.25, -0.2) is 0 Å². The normalized spacial score (nSPS) is 18.9. The zero-order valence-corrected chi connectivity index (χ0v) is 11.9. The Morgan fingerprint density at radius 1 is 1.55 bits per heavy atom. The number of H-pyrrole nitrogens is 1. The topological polar surface area (TPSA) is 104 Å². The van der Waals surface area contributed by atoms with Gasteiger partial charge in [0.2, 0.25) is 5.91 Å². The molecule has 0 radical (unpaired) electrons. The molecule has 1 aromatic rings. The fourth-order valence-electron chi connectivity index (χ4n) is 2.55. The van der Waals surface area contributed by atoms with Gasteiger partial charge in [0.05, 0.1) is 17.3 Å². The lowest BCUT2D eigenvalue weighted by molar-refractivity contribution is -0.125. The number of aromatic nitrogens is 2. The number of nitrogen functional groups attached to an aromatic ring is 1. The van der Waals surface area contributed by atoms with E-state index in [1.165, 1.54) is 0 Å². The number of carbonyl (C=O) groups is 2. The van der Waals surface area contributed by atoms with Gasteiger partial charge in [0, 0.05) is 20.1 Å². The average molecular weight is 279 g/mol. The number of rotatable bonds is 3. The average Bonchev–Trinajstić information content (AvgIpc) is 2.86. The van der Waals surface area contributed by atoms with Gasteiger partial charge in [-0.2, -0.15) is 5.10 Å². The fourth-order valence-corrected chi connectivity index (χ4v) is 2.55. The van der Waals surface area contributed by atoms with Crippen LogP contribution in [0.15, 0.2) is 0 Å². The lowest BCUT2D eigenvalue weighted by atomic mass is 9.97. The Bertz CT molecular complexity index is 511. The molecule has 7 nitrogen and oxygen atoms in total. The molecule has 20 heavy (non-hydrogen) atoms. The summed E-state index contributed by atoms with van der Waals surface area (Å²) in [6, 6.07) is 0. The lowest BCUT2D eigenvalue weighted by Crippen LogP contribution is -2.45. The van der Waals surface area contributed by atoms with E-state index >= 15 is 0 Å². The molecule has 0 bridgehead atoms. The predicted octanol–water partition coefficient (Wildman–Crippen LogP) is 0.153. The summed E-state index contributed by atoms with van der Waals surface area (Å²) < 4.78 is 0. The van der Waals surface area contributed by atoms with Crippen molar-refractivity contribution in [2.45, 2.75) is 26.2 Å². The second-order valence-corrected chi connectivity index (χ2v) is 5.02. The SMILES string of the molecule is CCc1[nH]nc(C(=O)N2CCCC(C(=O)NC)C2)c1N. The first-order valence-electron chi connectivity index (χ1n) is 6.92. The smallest absolute Gasteiger partial charge is 0.276 e. The van der Waals surface area contributed by atoms with Crippen molar-refractivity contribution < 1.29 is 9.59 Å². The Morgan fingerprint density at radius 3 is 2.90 bits per heavy atom. The molecule has 0 aromatic carbocycles. The molecule has 1 fully saturated rings. The minimum absolute atomic E-state index is 0.0215. The van der Waals surface area contributed by atoms with Gasteiger partial charge in [-0.3, -0.25) is 14.7 Å². The Balaban J connectivity index is 2.12. The number of piperidine rings is 1. The van der Waals surface area contributed by atoms with Crippen LogP contribution < -0.4 is 11.1 Å². The molecule has 0 aliphatic carbocycles. The minimum Gasteiger partial charge on any atom is -0.395 e. The van der Waals surface area contributed by atoms with Crippen LogP contribution in [0, 0.1) is 5.92 Å². The zero-order chi connectivity index (χ0) is 14.7. The Labute approximate surface area is 117 Å². The Kier molecular flexibility index (Phi) is 4.26. The molecule has 0 saturated carbocycles. The van der Waals surface area contributed by atoms with Crippen LogP contribution in [0.3, 0.4) is 0 Å². The minimum atomic E-state index is -0.202. The quantitative estimate of drug-likeness (QED) is 0.732. The van der Waals surface area contributed by atoms with Crippen LogP contribution >= 0.6 is 0 Å². The van der Waals surface area contributed by atoms with E-state index in [1.54, 1.807) is 11.9 Å². The van der Waals surface area contributed by atoms with E-state index < -0.39 is 0 Å². The zero-order valence-electron chi connectivity index (χ0n) is 11.9. The van der Waals surface area contributed by atoms with E-state index in [2.05, 4.69) is 15.5 Å². The largest absolute Gasteiger partial charge is 0.395 e. The number of amides is 2. The monoisotopic (exact) mass is 279 g/mol. The summed E-state index contributed by atoms with van der Waals surface area (Å²) in [6.45, 7) is 3.01. The van der Waals surface area contributed by atoms with Gasteiger partial charge in [0.1, 0.15) is 0 Å². The molecule has 1 aliphatic rings. The number of nitrogens with zero attached hydrogens (tertiary/aromatic N) is 2. The maximum atomic E-state index is 12.4. The van der Waals surface area contributed by atoms with Crippen LogP contribution in [0.1, 0.15) is 35.9 Å². The van der Waals surface area contributed by atoms with E-state index in [0.717, 1.165) is 18.5 Å². The summed E-state index contributed by atoms with van der Waals surface area (Å²) in [5.41, 5.74) is 7.37. The number of aromatic amines is 1. The third-order valence-electron chi connectivity index (χ3n) is 3.76. The number of carbonyl (C=O) groups excluding carboxylic acids is 2. The van der Waals surface area contributed by atoms with E-state index in [4.69, 9.17) is 5.73 Å². The van der Waals surface area contributed by atoms with Crippen molar-refractivity contribution >= 4 is 17.5 Å². The second-order valence-electron chi connectivity index (χ2n) is 5.02. The second kappa shape index (κ2) is 5.94. The predicted molar refractivity (Wildman–Crippen MR) is 75.1 cm³/mol. The first-order chi connectivity index (χ1) is 9.58. The van der Waals surface area contributed by atoms with Crippen LogP contribution in [0.2, 0.25) is 0 Å². The van der Waals surface area contributed by atoms with Gasteiger partial charge in [-0.05, 0) is 19.3 Å². The summed E-state index contributed by atoms with van der Waals surface area (Å²) in [4.78, 5) is 25.8. The third-order valence-corrected chi connectivity index (χ3v) is 3.76. The molecule has 2 amide bonds. The molecule has 4 N–H and O–H groups in total. The molecule has 2 rings (SSSR count). The first kappa shape index (κ1) is 14.4. The van der Waals surface area contributed by atoms with E-state index in [0.29, 0.717) is 25.2 Å². The Morgan fingerprint density at radius 2 is 2.30 bits per heavy atom. The summed E-state index contributed by atoms with van der Waals surface area (Å²) in [6.07, 6.45) is 2.32. The highest BCUT2D eigenvalue weighted by molar-refractivity contribution is 5.98. The molecule has 110 valence electrons. The summed E-state index contributed by atoms with van der Waals surface area (Å²) >= 11 is 0. The number of hydrogen-bond acceptors (Lipinski definition) is 4. The highest BCUT2D eigenvalue weighted by atomic mass is 16.2. The maximum absolute atomic E-state index is 12.4. The lowest BCUT2D eigenvalue weighted by Gasteiger charge is -2.31. The van der Waals surface area contributed by atoms with Gasteiger partial charge in [0.15, 0.2) is 5.69 Å². The van der Waals surface area contributed by atoms with Crippen LogP contribution in [-0.4, -0.2) is 47.0 Å². The van der Waals surface area contributed by atoms with Crippen LogP contribution in [0.5, 0.6) is 0 Å². The van der Waals surface area contributed by atoms with Crippen molar-refractivity contribution in [3.8, 4) is 0 Å². The number of nitrogens with one attached hydrogen (secondary N) is 2. The Hall–Kier alpha value is -2.05. The summed E-state index contributed by atoms with van der Waals surface area (Å²) in [5, 5.41) is 9.43. The standard InChI is InChI=1S/C13H21N5O2/c1-3-9-10(14)11(17-16-9)13(20)18-6-4-5-8(7-18)12(19)15-2/h8H,3-7,14H2,1-2H3,(H,15,19)(H,16,17). The highest BCUT2D eigenvalue weighted by Gasteiger charge is 2.30. The van der Waals surface area contributed by atoms with Gasteiger partial charge < -0.3 is 16.0 Å². The molecule has 1 atom stereocenters. The van der Waals surface area contributed by atoms with Crippen LogP contribution in [-0.2, 0) is 11.2 Å². The van der Waals surface area contributed by atoms with Crippen LogP contribution in [0.4, 0.5) is 5.69 Å². The number of aryl methyl sites for hydroxylation is 1. The maximum Gasteiger partial charge on any atom is 0.276 e. The van der Waals surface area contributed by atoms with E-state index in [9.17, 15) is 9.59 Å². The van der Waals surface area contributed by atoms with Crippen molar-refractivity contribution in [3.05, 3.63) is 11.4 Å². The molecule has 2 heterocycles. The number of anilines is 1. The van der Waals surface area contributed by atoms with Gasteiger partial charge in [-0.15, -0.1) is 0 Å². The first-order valence-corrected chi connectivity index (χ1v) is 6.92. The molecule has 1 aliphatic heterocycles.